The molecule has 1 aromatic heterocycles. The summed E-state index contributed by atoms with van der Waals surface area (Å²) in [6, 6.07) is 12.2. The van der Waals surface area contributed by atoms with E-state index in [1.807, 2.05) is 44.3 Å². The molecule has 1 atom stereocenters. The molecule has 1 aliphatic heterocycles. The molecule has 1 aliphatic rings. The van der Waals surface area contributed by atoms with E-state index in [2.05, 4.69) is 22.3 Å². The minimum Gasteiger partial charge on any atom is -0.487 e. The summed E-state index contributed by atoms with van der Waals surface area (Å²) in [5.74, 6) is 0.773. The Balaban J connectivity index is 1.79. The van der Waals surface area contributed by atoms with Crippen molar-refractivity contribution in [2.24, 2.45) is 0 Å². The molecule has 1 unspecified atom stereocenters. The van der Waals surface area contributed by atoms with Crippen LogP contribution >= 0.6 is 0 Å². The van der Waals surface area contributed by atoms with Gasteiger partial charge in [-0.1, -0.05) is 18.2 Å². The van der Waals surface area contributed by atoms with E-state index < -0.39 is 6.10 Å². The highest BCUT2D eigenvalue weighted by atomic mass is 16.5. The van der Waals surface area contributed by atoms with Crippen molar-refractivity contribution in [1.29, 1.82) is 0 Å². The summed E-state index contributed by atoms with van der Waals surface area (Å²) in [7, 11) is 0. The molecule has 112 valence electrons. The molecule has 0 saturated heterocycles. The maximum atomic E-state index is 10.4. The molecule has 22 heavy (non-hydrogen) atoms. The zero-order valence-electron chi connectivity index (χ0n) is 12.6. The Bertz CT molecular complexity index is 851. The fraction of sp³-hybridized carbons (Fsp3) is 0.278. The van der Waals surface area contributed by atoms with Crippen LogP contribution in [0.3, 0.4) is 0 Å². The number of rotatable bonds is 1. The Morgan fingerprint density at radius 1 is 1.18 bits per heavy atom. The second-order valence-corrected chi connectivity index (χ2v) is 6.51. The SMILES string of the molecule is CC1(C)CC(O)c2cc(-c3ccc4cn[nH]c4c3)ccc2O1. The third-order valence-electron chi connectivity index (χ3n) is 4.22. The number of hydrogen-bond donors (Lipinski definition) is 2. The number of nitrogens with zero attached hydrogens (tertiary/aromatic N) is 1. The second kappa shape index (κ2) is 4.58. The van der Waals surface area contributed by atoms with Crippen LogP contribution in [0.5, 0.6) is 5.75 Å². The van der Waals surface area contributed by atoms with E-state index in [4.69, 9.17) is 4.74 Å². The lowest BCUT2D eigenvalue weighted by atomic mass is 9.90. The Morgan fingerprint density at radius 3 is 2.82 bits per heavy atom. The van der Waals surface area contributed by atoms with Crippen LogP contribution in [0.25, 0.3) is 22.0 Å². The van der Waals surface area contributed by atoms with E-state index in [9.17, 15) is 5.11 Å². The summed E-state index contributed by atoms with van der Waals surface area (Å²) in [6.07, 6.45) is 1.92. The lowest BCUT2D eigenvalue weighted by Gasteiger charge is -2.35. The van der Waals surface area contributed by atoms with Gasteiger partial charge in [0.15, 0.2) is 0 Å². The summed E-state index contributed by atoms with van der Waals surface area (Å²) >= 11 is 0. The number of aromatic amines is 1. The second-order valence-electron chi connectivity index (χ2n) is 6.51. The van der Waals surface area contributed by atoms with Crippen molar-refractivity contribution in [3.8, 4) is 16.9 Å². The number of fused-ring (bicyclic) bond motifs is 2. The van der Waals surface area contributed by atoms with Gasteiger partial charge in [0.25, 0.3) is 0 Å². The summed E-state index contributed by atoms with van der Waals surface area (Å²) in [5, 5.41) is 18.5. The molecule has 0 amide bonds. The fourth-order valence-corrected chi connectivity index (χ4v) is 3.11. The molecule has 0 saturated carbocycles. The van der Waals surface area contributed by atoms with Crippen LogP contribution in [0.4, 0.5) is 0 Å². The van der Waals surface area contributed by atoms with Crippen LogP contribution in [-0.4, -0.2) is 20.9 Å². The summed E-state index contributed by atoms with van der Waals surface area (Å²) < 4.78 is 5.96. The molecule has 3 aromatic rings. The first-order chi connectivity index (χ1) is 10.5. The quantitative estimate of drug-likeness (QED) is 0.717. The van der Waals surface area contributed by atoms with E-state index in [0.29, 0.717) is 6.42 Å². The van der Waals surface area contributed by atoms with Crippen LogP contribution in [0, 0.1) is 0 Å². The predicted molar refractivity (Wildman–Crippen MR) is 85.8 cm³/mol. The first-order valence-corrected chi connectivity index (χ1v) is 7.46. The zero-order valence-corrected chi connectivity index (χ0v) is 12.6. The summed E-state index contributed by atoms with van der Waals surface area (Å²) in [6.45, 7) is 4.00. The van der Waals surface area contributed by atoms with Gasteiger partial charge in [0.2, 0.25) is 0 Å². The van der Waals surface area contributed by atoms with Crippen LogP contribution in [0.1, 0.15) is 31.9 Å². The fourth-order valence-electron chi connectivity index (χ4n) is 3.11. The molecule has 0 fully saturated rings. The monoisotopic (exact) mass is 294 g/mol. The lowest BCUT2D eigenvalue weighted by Crippen LogP contribution is -2.34. The van der Waals surface area contributed by atoms with Crippen molar-refractivity contribution in [1.82, 2.24) is 10.2 Å². The van der Waals surface area contributed by atoms with Gasteiger partial charge in [0.05, 0.1) is 17.8 Å². The molecule has 0 bridgehead atoms. The van der Waals surface area contributed by atoms with Crippen molar-refractivity contribution in [3.63, 3.8) is 0 Å². The van der Waals surface area contributed by atoms with E-state index >= 15 is 0 Å². The molecule has 4 rings (SSSR count). The maximum Gasteiger partial charge on any atom is 0.125 e. The van der Waals surface area contributed by atoms with E-state index in [1.165, 1.54) is 0 Å². The summed E-state index contributed by atoms with van der Waals surface area (Å²) in [5.41, 5.74) is 3.70. The van der Waals surface area contributed by atoms with Gasteiger partial charge < -0.3 is 9.84 Å². The molecular weight excluding hydrogens is 276 g/mol. The number of benzene rings is 2. The van der Waals surface area contributed by atoms with Gasteiger partial charge in [-0.25, -0.2) is 0 Å². The zero-order chi connectivity index (χ0) is 15.3. The number of aliphatic hydroxyl groups is 1. The Morgan fingerprint density at radius 2 is 1.95 bits per heavy atom. The number of ether oxygens (including phenoxy) is 1. The number of aromatic nitrogens is 2. The topological polar surface area (TPSA) is 58.1 Å². The first-order valence-electron chi connectivity index (χ1n) is 7.46. The third kappa shape index (κ3) is 2.16. The van der Waals surface area contributed by atoms with Crippen molar-refractivity contribution in [2.45, 2.75) is 32.0 Å². The largest absolute Gasteiger partial charge is 0.487 e. The van der Waals surface area contributed by atoms with Gasteiger partial charge in [-0.3, -0.25) is 5.10 Å². The highest BCUT2D eigenvalue weighted by molar-refractivity contribution is 5.84. The standard InChI is InChI=1S/C18H18N2O2/c1-18(2)9-16(21)14-7-11(5-6-17(14)22-18)12-3-4-13-10-19-20-15(13)8-12/h3-8,10,16,21H,9H2,1-2H3,(H,19,20). The van der Waals surface area contributed by atoms with Gasteiger partial charge in [0, 0.05) is 17.4 Å². The van der Waals surface area contributed by atoms with Gasteiger partial charge in [-0.15, -0.1) is 0 Å². The average molecular weight is 294 g/mol. The van der Waals surface area contributed by atoms with Crippen LogP contribution in [-0.2, 0) is 0 Å². The molecule has 2 N–H and O–H groups in total. The third-order valence-corrected chi connectivity index (χ3v) is 4.22. The van der Waals surface area contributed by atoms with Crippen molar-refractivity contribution < 1.29 is 9.84 Å². The number of hydrogen-bond acceptors (Lipinski definition) is 3. The highest BCUT2D eigenvalue weighted by Crippen LogP contribution is 2.41. The van der Waals surface area contributed by atoms with E-state index in [1.54, 1.807) is 0 Å². The lowest BCUT2D eigenvalue weighted by molar-refractivity contribution is 0.0116. The number of H-pyrrole nitrogens is 1. The molecule has 4 heteroatoms. The van der Waals surface area contributed by atoms with Gasteiger partial charge in [-0.2, -0.15) is 5.10 Å². The van der Waals surface area contributed by atoms with Crippen molar-refractivity contribution in [2.75, 3.05) is 0 Å². The average Bonchev–Trinajstić information content (AvgIpc) is 2.93. The van der Waals surface area contributed by atoms with Crippen molar-refractivity contribution in [3.05, 3.63) is 48.2 Å². The Hall–Kier alpha value is -2.33. The van der Waals surface area contributed by atoms with Crippen LogP contribution in [0.15, 0.2) is 42.6 Å². The Kier molecular flexibility index (Phi) is 2.78. The molecule has 2 aromatic carbocycles. The van der Waals surface area contributed by atoms with Crippen LogP contribution < -0.4 is 4.74 Å². The number of aliphatic hydroxyl groups excluding tert-OH is 1. The normalized spacial score (nSPS) is 19.7. The van der Waals surface area contributed by atoms with E-state index in [0.717, 1.165) is 33.3 Å². The van der Waals surface area contributed by atoms with Gasteiger partial charge in [0.1, 0.15) is 11.4 Å². The minimum absolute atomic E-state index is 0.331. The molecule has 0 radical (unpaired) electrons. The van der Waals surface area contributed by atoms with Gasteiger partial charge in [-0.05, 0) is 43.2 Å². The predicted octanol–water partition coefficient (Wildman–Crippen LogP) is 3.82. The highest BCUT2D eigenvalue weighted by Gasteiger charge is 2.32. The molecule has 0 aliphatic carbocycles. The first kappa shape index (κ1) is 13.3. The maximum absolute atomic E-state index is 10.4. The van der Waals surface area contributed by atoms with Crippen molar-refractivity contribution >= 4 is 10.9 Å². The molecule has 2 heterocycles. The molecule has 4 nitrogen and oxygen atoms in total. The summed E-state index contributed by atoms with van der Waals surface area (Å²) in [4.78, 5) is 0. The Labute approximate surface area is 128 Å². The molecule has 0 spiro atoms. The van der Waals surface area contributed by atoms with Crippen LogP contribution in [0.2, 0.25) is 0 Å². The van der Waals surface area contributed by atoms with E-state index in [-0.39, 0.29) is 5.60 Å². The van der Waals surface area contributed by atoms with Gasteiger partial charge >= 0.3 is 0 Å². The smallest absolute Gasteiger partial charge is 0.125 e. The molecular formula is C18H18N2O2. The number of nitrogens with one attached hydrogen (secondary N) is 1. The minimum atomic E-state index is -0.491.